The number of benzene rings is 1. The second-order valence-electron chi connectivity index (χ2n) is 3.21. The Kier molecular flexibility index (Phi) is 2.16. The Bertz CT molecular complexity index is 516. The highest BCUT2D eigenvalue weighted by Gasteiger charge is 2.60. The van der Waals surface area contributed by atoms with Crippen molar-refractivity contribution in [3.63, 3.8) is 0 Å². The molecule has 1 heterocycles. The van der Waals surface area contributed by atoms with E-state index in [1.807, 2.05) is 0 Å². The molecule has 6 nitrogen and oxygen atoms in total. The van der Waals surface area contributed by atoms with Gasteiger partial charge in [0.1, 0.15) is 0 Å². The molecule has 0 saturated heterocycles. The van der Waals surface area contributed by atoms with Crippen LogP contribution in [0.4, 0.5) is 5.69 Å². The maximum Gasteiger partial charge on any atom is 0.434 e. The number of nitro groups is 1. The van der Waals surface area contributed by atoms with Crippen LogP contribution in [0.2, 0.25) is 0 Å². The summed E-state index contributed by atoms with van der Waals surface area (Å²) in [5.74, 6) is -2.15. The monoisotopic (exact) mass is 240 g/mol. The summed E-state index contributed by atoms with van der Waals surface area (Å²) in [4.78, 5) is 30.0. The minimum absolute atomic E-state index is 0.0359. The van der Waals surface area contributed by atoms with Gasteiger partial charge in [0.25, 0.3) is 5.78 Å². The number of amides is 1. The van der Waals surface area contributed by atoms with Gasteiger partial charge in [-0.25, -0.2) is 0 Å². The number of nitrogens with zero attached hydrogens (tertiary/aromatic N) is 1. The van der Waals surface area contributed by atoms with E-state index in [-0.39, 0.29) is 11.3 Å². The van der Waals surface area contributed by atoms with Gasteiger partial charge < -0.3 is 5.32 Å². The number of alkyl halides is 1. The average molecular weight is 241 g/mol. The molecule has 0 radical (unpaired) electrons. The maximum absolute atomic E-state index is 11.8. The smallest absolute Gasteiger partial charge is 0.317 e. The van der Waals surface area contributed by atoms with Gasteiger partial charge in [-0.05, 0) is 23.7 Å². The first kappa shape index (κ1) is 10.6. The molecule has 2 rings (SSSR count). The van der Waals surface area contributed by atoms with E-state index in [0.717, 1.165) is 0 Å². The van der Waals surface area contributed by atoms with Crippen LogP contribution in [-0.2, 0) is 4.79 Å². The first-order chi connectivity index (χ1) is 7.48. The Morgan fingerprint density at radius 3 is 2.56 bits per heavy atom. The van der Waals surface area contributed by atoms with Crippen LogP contribution < -0.4 is 5.32 Å². The summed E-state index contributed by atoms with van der Waals surface area (Å²) in [6.07, 6.45) is 0. The predicted molar refractivity (Wildman–Crippen MR) is 55.0 cm³/mol. The predicted octanol–water partition coefficient (Wildman–Crippen LogP) is 1.03. The second-order valence-corrected chi connectivity index (χ2v) is 3.76. The summed E-state index contributed by atoms with van der Waals surface area (Å²) in [6, 6.07) is 5.98. The molecule has 1 atom stereocenters. The topological polar surface area (TPSA) is 89.3 Å². The molecule has 1 amide bonds. The van der Waals surface area contributed by atoms with Gasteiger partial charge in [-0.2, -0.15) is 0 Å². The van der Waals surface area contributed by atoms with Crippen molar-refractivity contribution in [2.24, 2.45) is 0 Å². The van der Waals surface area contributed by atoms with Gasteiger partial charge in [0, 0.05) is 0 Å². The molecule has 1 aliphatic heterocycles. The third-order valence-corrected chi connectivity index (χ3v) is 2.75. The van der Waals surface area contributed by atoms with Crippen LogP contribution >= 0.6 is 11.6 Å². The molecule has 0 aromatic heterocycles. The lowest BCUT2D eigenvalue weighted by molar-refractivity contribution is -0.507. The lowest BCUT2D eigenvalue weighted by atomic mass is 9.97. The first-order valence-electron chi connectivity index (χ1n) is 4.26. The fourth-order valence-electron chi connectivity index (χ4n) is 1.44. The van der Waals surface area contributed by atoms with Crippen molar-refractivity contribution in [2.75, 3.05) is 5.32 Å². The normalized spacial score (nSPS) is 23.6. The van der Waals surface area contributed by atoms with E-state index in [1.165, 1.54) is 18.2 Å². The molecule has 7 heteroatoms. The Balaban J connectivity index is 2.63. The fourth-order valence-corrected chi connectivity index (χ4v) is 1.59. The lowest BCUT2D eigenvalue weighted by Gasteiger charge is -2.23. The minimum Gasteiger partial charge on any atom is -0.317 e. The summed E-state index contributed by atoms with van der Waals surface area (Å²) < 4.78 is 0. The largest absolute Gasteiger partial charge is 0.434 e. The minimum atomic E-state index is -2.76. The first-order valence-corrected chi connectivity index (χ1v) is 4.64. The van der Waals surface area contributed by atoms with Crippen LogP contribution in [0, 0.1) is 10.1 Å². The highest BCUT2D eigenvalue weighted by atomic mass is 35.5. The molecule has 0 bridgehead atoms. The number of rotatable bonds is 1. The zero-order valence-electron chi connectivity index (χ0n) is 7.77. The standard InChI is InChI=1S/C9H5ClN2O4/c10-9(12(15)16)7(13)5-3-1-2-4-6(5)11-8(9)14/h1-4H,(H,11,14). The van der Waals surface area contributed by atoms with E-state index >= 15 is 0 Å². The van der Waals surface area contributed by atoms with Gasteiger partial charge in [-0.3, -0.25) is 19.7 Å². The molecule has 0 aliphatic carbocycles. The van der Waals surface area contributed by atoms with Crippen molar-refractivity contribution < 1.29 is 14.5 Å². The zero-order valence-corrected chi connectivity index (χ0v) is 8.52. The Labute approximate surface area is 94.3 Å². The highest BCUT2D eigenvalue weighted by molar-refractivity contribution is 6.50. The highest BCUT2D eigenvalue weighted by Crippen LogP contribution is 2.32. The summed E-state index contributed by atoms with van der Waals surface area (Å²) in [5.41, 5.74) is 0.268. The second kappa shape index (κ2) is 3.28. The van der Waals surface area contributed by atoms with Gasteiger partial charge in [0.15, 0.2) is 0 Å². The van der Waals surface area contributed by atoms with E-state index < -0.39 is 21.6 Å². The van der Waals surface area contributed by atoms with Crippen molar-refractivity contribution in [1.82, 2.24) is 0 Å². The van der Waals surface area contributed by atoms with Crippen molar-refractivity contribution >= 4 is 29.0 Å². The van der Waals surface area contributed by atoms with Crippen LogP contribution in [0.15, 0.2) is 24.3 Å². The van der Waals surface area contributed by atoms with Crippen LogP contribution in [-0.4, -0.2) is 21.6 Å². The van der Waals surface area contributed by atoms with Crippen LogP contribution in [0.1, 0.15) is 10.4 Å². The number of hydrogen-bond acceptors (Lipinski definition) is 4. The Morgan fingerprint density at radius 2 is 1.94 bits per heavy atom. The van der Waals surface area contributed by atoms with Gasteiger partial charge >= 0.3 is 10.9 Å². The van der Waals surface area contributed by atoms with Crippen LogP contribution in [0.25, 0.3) is 0 Å². The summed E-state index contributed by atoms with van der Waals surface area (Å²) in [5, 5.41) is 12.9. The van der Waals surface area contributed by atoms with Gasteiger partial charge in [-0.1, -0.05) is 12.1 Å². The molecule has 1 unspecified atom stereocenters. The Hall–Kier alpha value is -1.95. The van der Waals surface area contributed by atoms with Crippen molar-refractivity contribution in [3.8, 4) is 0 Å². The molecule has 82 valence electrons. The zero-order chi connectivity index (χ0) is 11.9. The number of halogens is 1. The number of carbonyl (C=O) groups excluding carboxylic acids is 2. The molecule has 1 aromatic rings. The number of para-hydroxylation sites is 1. The van der Waals surface area contributed by atoms with E-state index in [4.69, 9.17) is 11.6 Å². The van der Waals surface area contributed by atoms with E-state index in [1.54, 1.807) is 6.07 Å². The van der Waals surface area contributed by atoms with Gasteiger partial charge in [0.05, 0.1) is 16.2 Å². The van der Waals surface area contributed by atoms with Crippen molar-refractivity contribution in [2.45, 2.75) is 5.00 Å². The molecule has 0 fully saturated rings. The molecule has 1 N–H and O–H groups in total. The average Bonchev–Trinajstić information content (AvgIpc) is 2.26. The molecule has 0 saturated carbocycles. The number of ketones is 1. The lowest BCUT2D eigenvalue weighted by Crippen LogP contribution is -2.54. The number of hydrogen-bond donors (Lipinski definition) is 1. The van der Waals surface area contributed by atoms with Crippen molar-refractivity contribution in [1.29, 1.82) is 0 Å². The number of anilines is 1. The number of Topliss-reactive ketones (excluding diaryl/α,β-unsaturated/α-hetero) is 1. The van der Waals surface area contributed by atoms with E-state index in [2.05, 4.69) is 5.32 Å². The Morgan fingerprint density at radius 1 is 1.31 bits per heavy atom. The molecule has 1 aliphatic rings. The van der Waals surface area contributed by atoms with Crippen LogP contribution in [0.3, 0.4) is 0 Å². The third kappa shape index (κ3) is 1.20. The maximum atomic E-state index is 11.8. The van der Waals surface area contributed by atoms with Gasteiger partial charge in [-0.15, -0.1) is 0 Å². The number of nitrogens with one attached hydrogen (secondary N) is 1. The van der Waals surface area contributed by atoms with E-state index in [0.29, 0.717) is 0 Å². The third-order valence-electron chi connectivity index (χ3n) is 2.27. The van der Waals surface area contributed by atoms with Crippen molar-refractivity contribution in [3.05, 3.63) is 39.9 Å². The van der Waals surface area contributed by atoms with Gasteiger partial charge in [0.2, 0.25) is 0 Å². The molecular weight excluding hydrogens is 236 g/mol. The number of carbonyl (C=O) groups is 2. The molecule has 16 heavy (non-hydrogen) atoms. The quantitative estimate of drug-likeness (QED) is 0.261. The molecule has 1 aromatic carbocycles. The summed E-state index contributed by atoms with van der Waals surface area (Å²) >= 11 is 5.48. The summed E-state index contributed by atoms with van der Waals surface area (Å²) in [7, 11) is 0. The van der Waals surface area contributed by atoms with Crippen LogP contribution in [0.5, 0.6) is 0 Å². The summed E-state index contributed by atoms with van der Waals surface area (Å²) in [6.45, 7) is 0. The molecule has 0 spiro atoms. The van der Waals surface area contributed by atoms with E-state index in [9.17, 15) is 19.7 Å². The fraction of sp³-hybridized carbons (Fsp3) is 0.111. The SMILES string of the molecule is O=C1Nc2ccccc2C(=O)C1(Cl)[N+](=O)[O-]. The molecular formula is C9H5ClN2O4. The number of fused-ring (bicyclic) bond motifs is 1.